The van der Waals surface area contributed by atoms with E-state index in [2.05, 4.69) is 13.8 Å². The van der Waals surface area contributed by atoms with Gasteiger partial charge in [0.15, 0.2) is 22.1 Å². The summed E-state index contributed by atoms with van der Waals surface area (Å²) < 4.78 is 35.7. The number of fused-ring (bicyclic) bond motifs is 1. The van der Waals surface area contributed by atoms with E-state index in [0.29, 0.717) is 35.0 Å². The molecule has 224 valence electrons. The molecule has 41 heavy (non-hydrogen) atoms. The number of carbonyl (C=O) groups is 2. The molecule has 0 radical (unpaired) electrons. The monoisotopic (exact) mass is 597 g/mol. The lowest BCUT2D eigenvalue weighted by Crippen LogP contribution is -2.41. The Balaban J connectivity index is 0.000000745. The van der Waals surface area contributed by atoms with Crippen molar-refractivity contribution in [1.29, 1.82) is 0 Å². The number of carboxylic acid groups (broad SMARTS) is 1. The van der Waals surface area contributed by atoms with Gasteiger partial charge in [-0.1, -0.05) is 67.6 Å². The van der Waals surface area contributed by atoms with Gasteiger partial charge in [-0.2, -0.15) is 13.2 Å². The van der Waals surface area contributed by atoms with Crippen LogP contribution in [0.4, 0.5) is 13.2 Å². The number of halogens is 3. The Bertz CT molecular complexity index is 1520. The van der Waals surface area contributed by atoms with Crippen LogP contribution >= 0.6 is 11.8 Å². The number of nitrogens with zero attached hydrogens (tertiary/aromatic N) is 4. The van der Waals surface area contributed by atoms with Gasteiger partial charge < -0.3 is 15.4 Å². The zero-order valence-electron chi connectivity index (χ0n) is 23.5. The molecular weight excluding hydrogens is 563 g/mol. The highest BCUT2D eigenvalue weighted by molar-refractivity contribution is 8.00. The van der Waals surface area contributed by atoms with E-state index in [4.69, 9.17) is 20.6 Å². The number of ketones is 1. The van der Waals surface area contributed by atoms with Gasteiger partial charge >= 0.3 is 17.8 Å². The van der Waals surface area contributed by atoms with E-state index < -0.39 is 23.4 Å². The van der Waals surface area contributed by atoms with E-state index in [-0.39, 0.29) is 17.1 Å². The van der Waals surface area contributed by atoms with Crippen LogP contribution < -0.4 is 17.0 Å². The third-order valence-electron chi connectivity index (χ3n) is 6.49. The molecule has 0 saturated heterocycles. The van der Waals surface area contributed by atoms with Crippen molar-refractivity contribution < 1.29 is 27.9 Å². The number of aromatic nitrogens is 4. The van der Waals surface area contributed by atoms with E-state index in [1.165, 1.54) is 4.57 Å². The molecule has 0 amide bonds. The summed E-state index contributed by atoms with van der Waals surface area (Å²) >= 11 is 1.55. The number of aryl methyl sites for hydroxylation is 1. The topological polar surface area (TPSA) is 142 Å². The number of carbonyl (C=O) groups excluding carboxylic acids is 1. The molecule has 10 nitrogen and oxygen atoms in total. The van der Waals surface area contributed by atoms with Gasteiger partial charge in [0, 0.05) is 30.4 Å². The highest BCUT2D eigenvalue weighted by Crippen LogP contribution is 2.38. The van der Waals surface area contributed by atoms with Gasteiger partial charge in [-0.15, -0.1) is 0 Å². The molecule has 0 spiro atoms. The normalized spacial score (nSPS) is 11.6. The zero-order chi connectivity index (χ0) is 31.1. The summed E-state index contributed by atoms with van der Waals surface area (Å²) in [4.78, 5) is 53.1. The standard InChI is InChI=1S/C25H33N5O3S.C2HF3O2/c1-6-25(7-2,16-26)34-23-27-21-20(29(23)14-13-17(3)4)22(32)30(24(33)28(21)5)15-19(31)18-11-9-8-10-12-18;3-2(4,5)1(6)7/h8-13H,6-7,14-16,26H2,1-5H3;(H,6,7). The number of nitrogens with two attached hydrogens (primary N) is 1. The average Bonchev–Trinajstić information content (AvgIpc) is 3.29. The third-order valence-corrected chi connectivity index (χ3v) is 8.16. The van der Waals surface area contributed by atoms with Gasteiger partial charge in [0.25, 0.3) is 5.56 Å². The van der Waals surface area contributed by atoms with Crippen LogP contribution in [0.3, 0.4) is 0 Å². The highest BCUT2D eigenvalue weighted by Gasteiger charge is 2.38. The second-order valence-electron chi connectivity index (χ2n) is 9.48. The second-order valence-corrected chi connectivity index (χ2v) is 10.9. The minimum absolute atomic E-state index is 0.231. The Labute approximate surface area is 238 Å². The summed E-state index contributed by atoms with van der Waals surface area (Å²) in [6.07, 6.45) is -1.40. The summed E-state index contributed by atoms with van der Waals surface area (Å²) in [6, 6.07) is 8.65. The summed E-state index contributed by atoms with van der Waals surface area (Å²) in [6.45, 7) is 8.70. The van der Waals surface area contributed by atoms with Crippen molar-refractivity contribution in [3.63, 3.8) is 0 Å². The number of hydrogen-bond donors (Lipinski definition) is 2. The van der Waals surface area contributed by atoms with Crippen molar-refractivity contribution in [3.05, 3.63) is 68.4 Å². The Kier molecular flexibility index (Phi) is 11.3. The number of aliphatic carboxylic acids is 1. The van der Waals surface area contributed by atoms with E-state index >= 15 is 0 Å². The molecule has 0 aliphatic heterocycles. The van der Waals surface area contributed by atoms with Crippen LogP contribution in [0.25, 0.3) is 11.2 Å². The van der Waals surface area contributed by atoms with Gasteiger partial charge in [-0.05, 0) is 26.7 Å². The molecule has 14 heteroatoms. The molecule has 1 aromatic carbocycles. The second kappa shape index (κ2) is 13.8. The minimum atomic E-state index is -5.08. The predicted octanol–water partition coefficient (Wildman–Crippen LogP) is 3.99. The maximum absolute atomic E-state index is 13.6. The van der Waals surface area contributed by atoms with Crippen LogP contribution in [-0.2, 0) is 24.9 Å². The van der Waals surface area contributed by atoms with Crippen LogP contribution in [0.5, 0.6) is 0 Å². The van der Waals surface area contributed by atoms with Crippen LogP contribution in [0.1, 0.15) is 50.9 Å². The average molecular weight is 598 g/mol. The minimum Gasteiger partial charge on any atom is -0.475 e. The fraction of sp³-hybridized carbons (Fsp3) is 0.444. The molecule has 3 rings (SSSR count). The molecule has 0 saturated carbocycles. The van der Waals surface area contributed by atoms with Gasteiger partial charge in [-0.25, -0.2) is 14.6 Å². The van der Waals surface area contributed by atoms with Crippen molar-refractivity contribution in [2.24, 2.45) is 12.8 Å². The molecule has 0 unspecified atom stereocenters. The van der Waals surface area contributed by atoms with Gasteiger partial charge in [0.1, 0.15) is 0 Å². The number of Topliss-reactive ketones (excluding diaryl/α,β-unsaturated/α-hetero) is 1. The van der Waals surface area contributed by atoms with Crippen molar-refractivity contribution in [1.82, 2.24) is 18.7 Å². The largest absolute Gasteiger partial charge is 0.490 e. The highest BCUT2D eigenvalue weighted by atomic mass is 32.2. The van der Waals surface area contributed by atoms with Gasteiger partial charge in [0.2, 0.25) is 0 Å². The van der Waals surface area contributed by atoms with Crippen LogP contribution in [-0.4, -0.2) is 53.0 Å². The molecule has 2 aromatic heterocycles. The summed E-state index contributed by atoms with van der Waals surface area (Å²) in [5, 5.41) is 7.76. The molecule has 0 aliphatic rings. The van der Waals surface area contributed by atoms with E-state index in [9.17, 15) is 27.6 Å². The van der Waals surface area contributed by atoms with Crippen molar-refractivity contribution in [2.75, 3.05) is 6.54 Å². The predicted molar refractivity (Wildman–Crippen MR) is 151 cm³/mol. The maximum atomic E-state index is 13.6. The lowest BCUT2D eigenvalue weighted by atomic mass is 10.0. The molecule has 3 aromatic rings. The molecule has 0 aliphatic carbocycles. The van der Waals surface area contributed by atoms with Crippen molar-refractivity contribution >= 4 is 34.7 Å². The maximum Gasteiger partial charge on any atom is 0.490 e. The number of rotatable bonds is 10. The Morgan fingerprint density at radius 3 is 2.10 bits per heavy atom. The molecule has 0 fully saturated rings. The Morgan fingerprint density at radius 1 is 1.07 bits per heavy atom. The molecule has 3 N–H and O–H groups in total. The first-order chi connectivity index (χ1) is 19.1. The lowest BCUT2D eigenvalue weighted by molar-refractivity contribution is -0.192. The fourth-order valence-electron chi connectivity index (χ4n) is 3.79. The summed E-state index contributed by atoms with van der Waals surface area (Å²) in [7, 11) is 1.58. The number of hydrogen-bond acceptors (Lipinski definition) is 7. The summed E-state index contributed by atoms with van der Waals surface area (Å²) in [5.74, 6) is -3.06. The fourth-order valence-corrected chi connectivity index (χ4v) is 4.96. The Hall–Kier alpha value is -3.65. The lowest BCUT2D eigenvalue weighted by Gasteiger charge is -2.28. The quantitative estimate of drug-likeness (QED) is 0.203. The molecule has 2 heterocycles. The van der Waals surface area contributed by atoms with Crippen molar-refractivity contribution in [2.45, 2.75) is 69.7 Å². The van der Waals surface area contributed by atoms with Crippen LogP contribution in [0, 0.1) is 0 Å². The van der Waals surface area contributed by atoms with E-state index in [1.807, 2.05) is 30.6 Å². The van der Waals surface area contributed by atoms with Crippen LogP contribution in [0.15, 0.2) is 56.7 Å². The zero-order valence-corrected chi connectivity index (χ0v) is 24.3. The first kappa shape index (κ1) is 33.6. The van der Waals surface area contributed by atoms with Gasteiger partial charge in [0.05, 0.1) is 6.54 Å². The first-order valence-electron chi connectivity index (χ1n) is 12.7. The smallest absolute Gasteiger partial charge is 0.475 e. The Morgan fingerprint density at radius 2 is 1.63 bits per heavy atom. The molecule has 0 atom stereocenters. The summed E-state index contributed by atoms with van der Waals surface area (Å²) in [5.41, 5.74) is 7.20. The van der Waals surface area contributed by atoms with E-state index in [1.54, 1.807) is 43.1 Å². The van der Waals surface area contributed by atoms with Crippen LogP contribution in [0.2, 0.25) is 0 Å². The number of allylic oxidation sites excluding steroid dienone is 2. The number of thioether (sulfide) groups is 1. The SMILES string of the molecule is CCC(CC)(CN)Sc1nc2c(c(=O)n(CC(=O)c3ccccc3)c(=O)n2C)n1CC=C(C)C.O=C(O)C(F)(F)F. The van der Waals surface area contributed by atoms with Gasteiger partial charge in [-0.3, -0.25) is 18.7 Å². The number of alkyl halides is 3. The number of imidazole rings is 1. The number of carboxylic acids is 1. The number of benzene rings is 1. The first-order valence-corrected chi connectivity index (χ1v) is 13.5. The molecular formula is C27H34F3N5O5S. The molecule has 0 bridgehead atoms. The van der Waals surface area contributed by atoms with E-state index in [0.717, 1.165) is 23.0 Å². The van der Waals surface area contributed by atoms with Crippen molar-refractivity contribution in [3.8, 4) is 0 Å². The third kappa shape index (κ3) is 7.97.